The Morgan fingerprint density at radius 2 is 2.29 bits per heavy atom. The van der Waals surface area contributed by atoms with Crippen LogP contribution in [-0.2, 0) is 14.8 Å². The minimum Gasteiger partial charge on any atom is -0.495 e. The standard InChI is InChI=1S/C13H19BrN2O4S/c1-19-12-7-10(14)11(15)8-13(12)21(17,18)16-5-4-9-3-2-6-20-9/h7-9,16H,2-6,15H2,1H3. The SMILES string of the molecule is COc1cc(Br)c(N)cc1S(=O)(=O)NCCC1CCCO1. The predicted molar refractivity (Wildman–Crippen MR) is 83.9 cm³/mol. The second-order valence-corrected chi connectivity index (χ2v) is 7.44. The number of methoxy groups -OCH3 is 1. The van der Waals surface area contributed by atoms with Gasteiger partial charge in [0.15, 0.2) is 0 Å². The van der Waals surface area contributed by atoms with Crippen LogP contribution in [0.5, 0.6) is 5.75 Å². The summed E-state index contributed by atoms with van der Waals surface area (Å²) < 4.78 is 38.4. The zero-order valence-corrected chi connectivity index (χ0v) is 14.2. The van der Waals surface area contributed by atoms with E-state index in [1.165, 1.54) is 13.2 Å². The summed E-state index contributed by atoms with van der Waals surface area (Å²) in [6.45, 7) is 1.08. The topological polar surface area (TPSA) is 90.7 Å². The molecule has 8 heteroatoms. The van der Waals surface area contributed by atoms with Crippen LogP contribution in [0.2, 0.25) is 0 Å². The minimum atomic E-state index is -3.67. The van der Waals surface area contributed by atoms with Crippen molar-refractivity contribution < 1.29 is 17.9 Å². The Hall–Kier alpha value is -0.830. The van der Waals surface area contributed by atoms with Gasteiger partial charge in [-0.3, -0.25) is 0 Å². The first-order chi connectivity index (χ1) is 9.94. The maximum absolute atomic E-state index is 12.3. The molecule has 1 aromatic rings. The number of benzene rings is 1. The quantitative estimate of drug-likeness (QED) is 0.737. The van der Waals surface area contributed by atoms with Crippen molar-refractivity contribution in [3.8, 4) is 5.75 Å². The average molecular weight is 379 g/mol. The summed E-state index contributed by atoms with van der Waals surface area (Å²) in [5.74, 6) is 0.251. The van der Waals surface area contributed by atoms with Crippen LogP contribution in [0.1, 0.15) is 19.3 Å². The van der Waals surface area contributed by atoms with Gasteiger partial charge in [-0.25, -0.2) is 13.1 Å². The summed E-state index contributed by atoms with van der Waals surface area (Å²) >= 11 is 3.25. The molecule has 1 unspecified atom stereocenters. The Balaban J connectivity index is 2.09. The molecule has 0 spiro atoms. The lowest BCUT2D eigenvalue weighted by Gasteiger charge is -2.14. The molecule has 1 saturated heterocycles. The van der Waals surface area contributed by atoms with Crippen LogP contribution < -0.4 is 15.2 Å². The number of halogens is 1. The molecule has 1 aromatic carbocycles. The highest BCUT2D eigenvalue weighted by molar-refractivity contribution is 9.10. The van der Waals surface area contributed by atoms with Crippen LogP contribution >= 0.6 is 15.9 Å². The molecule has 1 aliphatic heterocycles. The van der Waals surface area contributed by atoms with Crippen molar-refractivity contribution in [3.63, 3.8) is 0 Å². The highest BCUT2D eigenvalue weighted by atomic mass is 79.9. The van der Waals surface area contributed by atoms with Crippen molar-refractivity contribution in [1.82, 2.24) is 4.72 Å². The average Bonchev–Trinajstić information content (AvgIpc) is 2.94. The zero-order valence-electron chi connectivity index (χ0n) is 11.8. The lowest BCUT2D eigenvalue weighted by atomic mass is 10.2. The normalized spacial score (nSPS) is 18.9. The Kier molecular flexibility index (Phi) is 5.48. The molecule has 1 atom stereocenters. The molecule has 1 fully saturated rings. The number of sulfonamides is 1. The van der Waals surface area contributed by atoms with Gasteiger partial charge >= 0.3 is 0 Å². The van der Waals surface area contributed by atoms with Crippen molar-refractivity contribution in [1.29, 1.82) is 0 Å². The maximum atomic E-state index is 12.3. The van der Waals surface area contributed by atoms with Gasteiger partial charge in [0.25, 0.3) is 0 Å². The summed E-state index contributed by atoms with van der Waals surface area (Å²) in [5.41, 5.74) is 6.10. The van der Waals surface area contributed by atoms with E-state index < -0.39 is 10.0 Å². The molecule has 0 amide bonds. The molecule has 2 rings (SSSR count). The number of hydrogen-bond acceptors (Lipinski definition) is 5. The second-order valence-electron chi connectivity index (χ2n) is 4.85. The van der Waals surface area contributed by atoms with Crippen LogP contribution in [0.25, 0.3) is 0 Å². The van der Waals surface area contributed by atoms with Gasteiger partial charge in [0.2, 0.25) is 10.0 Å². The summed E-state index contributed by atoms with van der Waals surface area (Å²) in [7, 11) is -2.25. The van der Waals surface area contributed by atoms with E-state index in [9.17, 15) is 8.42 Å². The van der Waals surface area contributed by atoms with Gasteiger partial charge in [0.1, 0.15) is 10.6 Å². The fourth-order valence-corrected chi connectivity index (χ4v) is 3.78. The highest BCUT2D eigenvalue weighted by Crippen LogP contribution is 2.32. The Labute approximate surface area is 133 Å². The van der Waals surface area contributed by atoms with Crippen molar-refractivity contribution >= 4 is 31.6 Å². The van der Waals surface area contributed by atoms with Gasteiger partial charge in [0, 0.05) is 23.3 Å². The monoisotopic (exact) mass is 378 g/mol. The lowest BCUT2D eigenvalue weighted by molar-refractivity contribution is 0.105. The maximum Gasteiger partial charge on any atom is 0.244 e. The Morgan fingerprint density at radius 1 is 1.52 bits per heavy atom. The van der Waals surface area contributed by atoms with Crippen molar-refractivity contribution in [2.45, 2.75) is 30.3 Å². The molecule has 0 bridgehead atoms. The summed E-state index contributed by atoms with van der Waals surface area (Å²) in [6.07, 6.45) is 2.82. The van der Waals surface area contributed by atoms with Gasteiger partial charge in [-0.15, -0.1) is 0 Å². The molecule has 0 saturated carbocycles. The van der Waals surface area contributed by atoms with E-state index in [4.69, 9.17) is 15.2 Å². The van der Waals surface area contributed by atoms with E-state index in [0.717, 1.165) is 19.4 Å². The van der Waals surface area contributed by atoms with Crippen molar-refractivity contribution in [2.75, 3.05) is 26.0 Å². The molecule has 0 radical (unpaired) electrons. The van der Waals surface area contributed by atoms with E-state index in [1.807, 2.05) is 0 Å². The van der Waals surface area contributed by atoms with E-state index in [0.29, 0.717) is 23.1 Å². The predicted octanol–water partition coefficient (Wildman–Crippen LogP) is 1.89. The zero-order chi connectivity index (χ0) is 15.5. The van der Waals surface area contributed by atoms with Crippen molar-refractivity contribution in [2.24, 2.45) is 0 Å². The van der Waals surface area contributed by atoms with Gasteiger partial charge in [-0.1, -0.05) is 0 Å². The number of nitrogen functional groups attached to an aromatic ring is 1. The molecule has 6 nitrogen and oxygen atoms in total. The third kappa shape index (κ3) is 4.09. The Bertz CT molecular complexity index is 600. The molecule has 3 N–H and O–H groups in total. The Morgan fingerprint density at radius 3 is 2.90 bits per heavy atom. The minimum absolute atomic E-state index is 0.0399. The first-order valence-corrected chi connectivity index (χ1v) is 8.96. The number of hydrogen-bond donors (Lipinski definition) is 2. The second kappa shape index (κ2) is 6.95. The first-order valence-electron chi connectivity index (χ1n) is 6.68. The van der Waals surface area contributed by atoms with Gasteiger partial charge in [-0.2, -0.15) is 0 Å². The fraction of sp³-hybridized carbons (Fsp3) is 0.538. The third-order valence-electron chi connectivity index (χ3n) is 3.35. The van der Waals surface area contributed by atoms with Gasteiger partial charge in [0.05, 0.1) is 13.2 Å². The first kappa shape index (κ1) is 16.5. The number of nitrogens with two attached hydrogens (primary N) is 1. The molecule has 0 aliphatic carbocycles. The van der Waals surface area contributed by atoms with E-state index in [2.05, 4.69) is 20.7 Å². The van der Waals surface area contributed by atoms with E-state index in [1.54, 1.807) is 6.07 Å². The number of rotatable bonds is 6. The number of ether oxygens (including phenoxy) is 2. The molecule has 1 aliphatic rings. The number of nitrogens with one attached hydrogen (secondary N) is 1. The van der Waals surface area contributed by atoms with Gasteiger partial charge in [-0.05, 0) is 47.3 Å². The van der Waals surface area contributed by atoms with E-state index in [-0.39, 0.29) is 16.7 Å². The molecular formula is C13H19BrN2O4S. The molecular weight excluding hydrogens is 360 g/mol. The van der Waals surface area contributed by atoms with Crippen LogP contribution in [0, 0.1) is 0 Å². The van der Waals surface area contributed by atoms with Crippen molar-refractivity contribution in [3.05, 3.63) is 16.6 Å². The molecule has 0 aromatic heterocycles. The number of anilines is 1. The van der Waals surface area contributed by atoms with Crippen LogP contribution in [0.15, 0.2) is 21.5 Å². The lowest BCUT2D eigenvalue weighted by Crippen LogP contribution is -2.27. The highest BCUT2D eigenvalue weighted by Gasteiger charge is 2.22. The summed E-state index contributed by atoms with van der Waals surface area (Å²) in [6, 6.07) is 2.93. The third-order valence-corrected chi connectivity index (χ3v) is 5.52. The van der Waals surface area contributed by atoms with Crippen LogP contribution in [0.3, 0.4) is 0 Å². The van der Waals surface area contributed by atoms with Crippen LogP contribution in [-0.4, -0.2) is 34.8 Å². The summed E-state index contributed by atoms with van der Waals surface area (Å²) in [5, 5.41) is 0. The largest absolute Gasteiger partial charge is 0.495 e. The van der Waals surface area contributed by atoms with Gasteiger partial charge < -0.3 is 15.2 Å². The van der Waals surface area contributed by atoms with Crippen LogP contribution in [0.4, 0.5) is 5.69 Å². The molecule has 118 valence electrons. The summed E-state index contributed by atoms with van der Waals surface area (Å²) in [4.78, 5) is 0.0399. The molecule has 21 heavy (non-hydrogen) atoms. The smallest absolute Gasteiger partial charge is 0.244 e. The fourth-order valence-electron chi connectivity index (χ4n) is 2.22. The molecule has 1 heterocycles. The van der Waals surface area contributed by atoms with E-state index >= 15 is 0 Å².